The minimum atomic E-state index is -4.58. The van der Waals surface area contributed by atoms with Crippen molar-refractivity contribution in [3.8, 4) is 0 Å². The van der Waals surface area contributed by atoms with E-state index in [1.165, 1.54) is 0 Å². The number of rotatable bonds is 7. The van der Waals surface area contributed by atoms with E-state index in [2.05, 4.69) is 0 Å². The summed E-state index contributed by atoms with van der Waals surface area (Å²) in [6.45, 7) is -1.85. The zero-order valence-corrected chi connectivity index (χ0v) is 12.2. The molecule has 3 nitrogen and oxygen atoms in total. The maximum Gasteiger partial charge on any atom is 0.402 e. The van der Waals surface area contributed by atoms with Crippen molar-refractivity contribution in [2.75, 3.05) is 24.7 Å². The average Bonchev–Trinajstić information content (AvgIpc) is 2.36. The third-order valence-corrected chi connectivity index (χ3v) is 4.56. The molecule has 8 heteroatoms. The van der Waals surface area contributed by atoms with Crippen molar-refractivity contribution in [2.45, 2.75) is 12.6 Å². The van der Waals surface area contributed by atoms with Crippen LogP contribution in [0.3, 0.4) is 0 Å². The number of nitrogens with zero attached hydrogens (tertiary/aromatic N) is 1. The van der Waals surface area contributed by atoms with Gasteiger partial charge in [-0.1, -0.05) is 30.3 Å². The van der Waals surface area contributed by atoms with Crippen LogP contribution in [0.5, 0.6) is 0 Å². The SMILES string of the molecule is O=S(=O)(CCc1ccccc1)N(CCCl)CC(F)(F)F. The topological polar surface area (TPSA) is 37.4 Å². The highest BCUT2D eigenvalue weighted by Gasteiger charge is 2.35. The first kappa shape index (κ1) is 17.3. The summed E-state index contributed by atoms with van der Waals surface area (Å²) in [5.41, 5.74) is 0.758. The Bertz CT molecular complexity index is 505. The molecule has 20 heavy (non-hydrogen) atoms. The molecule has 0 saturated carbocycles. The quantitative estimate of drug-likeness (QED) is 0.721. The van der Waals surface area contributed by atoms with E-state index >= 15 is 0 Å². The van der Waals surface area contributed by atoms with Crippen LogP contribution in [0, 0.1) is 0 Å². The lowest BCUT2D eigenvalue weighted by Gasteiger charge is -2.22. The summed E-state index contributed by atoms with van der Waals surface area (Å²) in [5, 5.41) is 0. The Labute approximate surface area is 121 Å². The van der Waals surface area contributed by atoms with Crippen molar-refractivity contribution in [1.29, 1.82) is 0 Å². The van der Waals surface area contributed by atoms with Gasteiger partial charge in [0.2, 0.25) is 10.0 Å². The predicted octanol–water partition coefficient (Wildman–Crippen LogP) is 2.66. The van der Waals surface area contributed by atoms with Crippen molar-refractivity contribution in [1.82, 2.24) is 4.31 Å². The molecule has 0 saturated heterocycles. The normalized spacial score (nSPS) is 12.8. The molecule has 1 rings (SSSR count). The highest BCUT2D eigenvalue weighted by molar-refractivity contribution is 7.89. The van der Waals surface area contributed by atoms with Crippen LogP contribution in [0.1, 0.15) is 5.56 Å². The molecule has 0 heterocycles. The van der Waals surface area contributed by atoms with Crippen LogP contribution in [0.25, 0.3) is 0 Å². The highest BCUT2D eigenvalue weighted by Crippen LogP contribution is 2.19. The van der Waals surface area contributed by atoms with Crippen LogP contribution in [-0.4, -0.2) is 43.6 Å². The molecule has 0 spiro atoms. The van der Waals surface area contributed by atoms with Gasteiger partial charge < -0.3 is 0 Å². The molecule has 0 aromatic heterocycles. The van der Waals surface area contributed by atoms with Gasteiger partial charge in [-0.25, -0.2) is 8.42 Å². The predicted molar refractivity (Wildman–Crippen MR) is 72.3 cm³/mol. The van der Waals surface area contributed by atoms with E-state index in [1.807, 2.05) is 0 Å². The van der Waals surface area contributed by atoms with E-state index in [-0.39, 0.29) is 24.6 Å². The monoisotopic (exact) mass is 329 g/mol. The fourth-order valence-corrected chi connectivity index (χ4v) is 3.40. The molecule has 0 atom stereocenters. The maximum atomic E-state index is 12.4. The van der Waals surface area contributed by atoms with Gasteiger partial charge in [-0.3, -0.25) is 0 Å². The molecule has 0 aliphatic rings. The van der Waals surface area contributed by atoms with Crippen LogP contribution in [0.4, 0.5) is 13.2 Å². The van der Waals surface area contributed by atoms with Gasteiger partial charge in [0.05, 0.1) is 5.75 Å². The number of aryl methyl sites for hydroxylation is 1. The Kier molecular flexibility index (Phi) is 6.29. The van der Waals surface area contributed by atoms with Gasteiger partial charge in [0.25, 0.3) is 0 Å². The molecule has 0 N–H and O–H groups in total. The second-order valence-electron chi connectivity index (χ2n) is 4.19. The smallest absolute Gasteiger partial charge is 0.212 e. The summed E-state index contributed by atoms with van der Waals surface area (Å²) in [6.07, 6.45) is -4.41. The minimum absolute atomic E-state index is 0.166. The summed E-state index contributed by atoms with van der Waals surface area (Å²) in [6, 6.07) is 8.72. The summed E-state index contributed by atoms with van der Waals surface area (Å²) in [7, 11) is -3.99. The number of hydrogen-bond acceptors (Lipinski definition) is 2. The van der Waals surface area contributed by atoms with E-state index in [4.69, 9.17) is 11.6 Å². The summed E-state index contributed by atoms with van der Waals surface area (Å²) >= 11 is 5.37. The van der Waals surface area contributed by atoms with Gasteiger partial charge >= 0.3 is 6.18 Å². The van der Waals surface area contributed by atoms with Crippen molar-refractivity contribution in [2.24, 2.45) is 0 Å². The zero-order valence-electron chi connectivity index (χ0n) is 10.6. The third-order valence-electron chi connectivity index (χ3n) is 2.57. The second kappa shape index (κ2) is 7.28. The van der Waals surface area contributed by atoms with Gasteiger partial charge in [-0.15, -0.1) is 11.6 Å². The number of benzene rings is 1. The average molecular weight is 330 g/mol. The largest absolute Gasteiger partial charge is 0.402 e. The van der Waals surface area contributed by atoms with Crippen molar-refractivity contribution < 1.29 is 21.6 Å². The molecule has 114 valence electrons. The van der Waals surface area contributed by atoms with E-state index in [0.29, 0.717) is 4.31 Å². The molecule has 1 aromatic rings. The molecule has 0 amide bonds. The molecule has 0 bridgehead atoms. The molecule has 0 aliphatic carbocycles. The lowest BCUT2D eigenvalue weighted by atomic mass is 10.2. The first-order valence-corrected chi connectivity index (χ1v) is 8.03. The molecular weight excluding hydrogens is 315 g/mol. The number of alkyl halides is 4. The van der Waals surface area contributed by atoms with Crippen molar-refractivity contribution in [3.05, 3.63) is 35.9 Å². The Morgan fingerprint density at radius 2 is 1.75 bits per heavy atom. The molecule has 0 fully saturated rings. The molecule has 0 unspecified atom stereocenters. The third kappa shape index (κ3) is 6.11. The number of sulfonamides is 1. The first-order valence-electron chi connectivity index (χ1n) is 5.89. The summed E-state index contributed by atoms with van der Waals surface area (Å²) in [4.78, 5) is 0. The molecule has 0 aliphatic heterocycles. The van der Waals surface area contributed by atoms with Gasteiger partial charge in [0.1, 0.15) is 6.54 Å². The van der Waals surface area contributed by atoms with Gasteiger partial charge in [0.15, 0.2) is 0 Å². The fraction of sp³-hybridized carbons (Fsp3) is 0.500. The minimum Gasteiger partial charge on any atom is -0.212 e. The Morgan fingerprint density at radius 1 is 1.15 bits per heavy atom. The Hall–Kier alpha value is -0.790. The highest BCUT2D eigenvalue weighted by atomic mass is 35.5. The van der Waals surface area contributed by atoms with Crippen molar-refractivity contribution in [3.63, 3.8) is 0 Å². The van der Waals surface area contributed by atoms with E-state index < -0.39 is 22.7 Å². The first-order chi connectivity index (χ1) is 9.24. The maximum absolute atomic E-state index is 12.4. The molecule has 0 radical (unpaired) electrons. The molecular formula is C12H15ClF3NO2S. The molecule has 1 aromatic carbocycles. The van der Waals surface area contributed by atoms with Crippen LogP contribution in [0.15, 0.2) is 30.3 Å². The van der Waals surface area contributed by atoms with E-state index in [0.717, 1.165) is 5.56 Å². The van der Waals surface area contributed by atoms with Crippen LogP contribution < -0.4 is 0 Å². The Balaban J connectivity index is 2.72. The van der Waals surface area contributed by atoms with Crippen LogP contribution in [-0.2, 0) is 16.4 Å². The standard InChI is InChI=1S/C12H15ClF3NO2S/c13-7-8-17(10-12(14,15)16)20(18,19)9-6-11-4-2-1-3-5-11/h1-5H,6-10H2. The van der Waals surface area contributed by atoms with E-state index in [9.17, 15) is 21.6 Å². The summed E-state index contributed by atoms with van der Waals surface area (Å²) in [5.74, 6) is -0.551. The van der Waals surface area contributed by atoms with E-state index in [1.54, 1.807) is 30.3 Å². The van der Waals surface area contributed by atoms with Gasteiger partial charge in [0, 0.05) is 12.4 Å². The van der Waals surface area contributed by atoms with Crippen LogP contribution in [0.2, 0.25) is 0 Å². The zero-order chi connectivity index (χ0) is 15.2. The number of hydrogen-bond donors (Lipinski definition) is 0. The van der Waals surface area contributed by atoms with Crippen molar-refractivity contribution >= 4 is 21.6 Å². The van der Waals surface area contributed by atoms with Gasteiger partial charge in [-0.2, -0.15) is 17.5 Å². The van der Waals surface area contributed by atoms with Gasteiger partial charge in [-0.05, 0) is 12.0 Å². The number of halogens is 4. The Morgan fingerprint density at radius 3 is 2.25 bits per heavy atom. The second-order valence-corrected chi connectivity index (χ2v) is 6.66. The summed E-state index contributed by atoms with van der Waals surface area (Å²) < 4.78 is 61.4. The fourth-order valence-electron chi connectivity index (χ4n) is 1.63. The van der Waals surface area contributed by atoms with Crippen LogP contribution >= 0.6 is 11.6 Å². The lowest BCUT2D eigenvalue weighted by Crippen LogP contribution is -2.41. The lowest BCUT2D eigenvalue weighted by molar-refractivity contribution is -0.135.